The van der Waals surface area contributed by atoms with Crippen LogP contribution in [0.3, 0.4) is 0 Å². The third-order valence-corrected chi connectivity index (χ3v) is 3.48. The molecular formula is C14H19N3. The fraction of sp³-hybridized carbons (Fsp3) is 0.500. The molecule has 0 aromatic heterocycles. The van der Waals surface area contributed by atoms with Crippen LogP contribution in [0.4, 0.5) is 11.4 Å². The molecule has 0 atom stereocenters. The lowest BCUT2D eigenvalue weighted by atomic mass is 10.1. The van der Waals surface area contributed by atoms with Crippen LogP contribution in [0.5, 0.6) is 0 Å². The SMILES string of the molecule is N#CCc1cc(NCC2CCCC2)ccc1N. The Balaban J connectivity index is 1.96. The van der Waals surface area contributed by atoms with Crippen molar-refractivity contribution in [1.82, 2.24) is 0 Å². The van der Waals surface area contributed by atoms with Gasteiger partial charge in [0.2, 0.25) is 0 Å². The van der Waals surface area contributed by atoms with Gasteiger partial charge in [-0.2, -0.15) is 5.26 Å². The molecule has 0 bridgehead atoms. The summed E-state index contributed by atoms with van der Waals surface area (Å²) in [5.74, 6) is 0.812. The van der Waals surface area contributed by atoms with Gasteiger partial charge in [0.15, 0.2) is 0 Å². The monoisotopic (exact) mass is 229 g/mol. The minimum Gasteiger partial charge on any atom is -0.398 e. The van der Waals surface area contributed by atoms with Crippen molar-refractivity contribution in [1.29, 1.82) is 5.26 Å². The van der Waals surface area contributed by atoms with E-state index in [0.717, 1.165) is 23.7 Å². The number of anilines is 2. The van der Waals surface area contributed by atoms with E-state index in [2.05, 4.69) is 11.4 Å². The second-order valence-electron chi connectivity index (χ2n) is 4.78. The minimum absolute atomic E-state index is 0.380. The average Bonchev–Trinajstić information content (AvgIpc) is 2.83. The minimum atomic E-state index is 0.380. The van der Waals surface area contributed by atoms with Gasteiger partial charge in [0, 0.05) is 17.9 Å². The van der Waals surface area contributed by atoms with Gasteiger partial charge < -0.3 is 11.1 Å². The first-order chi connectivity index (χ1) is 8.29. The van der Waals surface area contributed by atoms with E-state index in [9.17, 15) is 0 Å². The number of rotatable bonds is 4. The summed E-state index contributed by atoms with van der Waals surface area (Å²) in [4.78, 5) is 0. The average molecular weight is 229 g/mol. The molecule has 3 nitrogen and oxygen atoms in total. The van der Waals surface area contributed by atoms with E-state index >= 15 is 0 Å². The molecule has 1 aliphatic carbocycles. The van der Waals surface area contributed by atoms with Gasteiger partial charge in [0.05, 0.1) is 12.5 Å². The summed E-state index contributed by atoms with van der Waals surface area (Å²) in [6.45, 7) is 1.04. The van der Waals surface area contributed by atoms with Gasteiger partial charge in [-0.1, -0.05) is 12.8 Å². The Bertz CT molecular complexity index is 414. The Morgan fingerprint density at radius 1 is 1.35 bits per heavy atom. The van der Waals surface area contributed by atoms with Gasteiger partial charge in [-0.25, -0.2) is 0 Å². The summed E-state index contributed by atoms with van der Waals surface area (Å²) in [5.41, 5.74) is 8.52. The Morgan fingerprint density at radius 2 is 2.12 bits per heavy atom. The summed E-state index contributed by atoms with van der Waals surface area (Å²) in [7, 11) is 0. The maximum absolute atomic E-state index is 8.71. The Hall–Kier alpha value is -1.69. The van der Waals surface area contributed by atoms with Crippen LogP contribution >= 0.6 is 0 Å². The fourth-order valence-corrected chi connectivity index (χ4v) is 2.43. The standard InChI is InChI=1S/C14H19N3/c15-8-7-12-9-13(5-6-14(12)16)17-10-11-3-1-2-4-11/h5-6,9,11,17H,1-4,7,10,16H2. The lowest BCUT2D eigenvalue weighted by molar-refractivity contribution is 0.580. The molecule has 1 aromatic rings. The van der Waals surface area contributed by atoms with E-state index in [-0.39, 0.29) is 0 Å². The molecule has 0 aliphatic heterocycles. The van der Waals surface area contributed by atoms with Crippen LogP contribution < -0.4 is 11.1 Å². The number of benzene rings is 1. The number of nitrogens with two attached hydrogens (primary N) is 1. The number of hydrogen-bond donors (Lipinski definition) is 2. The number of nitrogen functional groups attached to an aromatic ring is 1. The molecule has 0 spiro atoms. The molecule has 1 saturated carbocycles. The topological polar surface area (TPSA) is 61.8 Å². The third kappa shape index (κ3) is 3.13. The largest absolute Gasteiger partial charge is 0.398 e. The van der Waals surface area contributed by atoms with Gasteiger partial charge in [0.25, 0.3) is 0 Å². The summed E-state index contributed by atoms with van der Waals surface area (Å²) >= 11 is 0. The number of nitrogens with zero attached hydrogens (tertiary/aromatic N) is 1. The maximum atomic E-state index is 8.71. The van der Waals surface area contributed by atoms with Gasteiger partial charge in [-0.3, -0.25) is 0 Å². The lowest BCUT2D eigenvalue weighted by Crippen LogP contribution is -2.11. The van der Waals surface area contributed by atoms with Gasteiger partial charge >= 0.3 is 0 Å². The van der Waals surface area contributed by atoms with Crippen LogP contribution in [-0.4, -0.2) is 6.54 Å². The predicted molar refractivity (Wildman–Crippen MR) is 70.6 cm³/mol. The molecule has 0 heterocycles. The van der Waals surface area contributed by atoms with Crippen LogP contribution in [0.1, 0.15) is 31.2 Å². The van der Waals surface area contributed by atoms with E-state index in [1.807, 2.05) is 18.2 Å². The molecule has 3 N–H and O–H groups in total. The number of nitriles is 1. The van der Waals surface area contributed by atoms with Crippen molar-refractivity contribution in [2.75, 3.05) is 17.6 Å². The zero-order chi connectivity index (χ0) is 12.1. The maximum Gasteiger partial charge on any atom is 0.0670 e. The first kappa shape index (κ1) is 11.8. The summed E-state index contributed by atoms with van der Waals surface area (Å²) in [6, 6.07) is 8.00. The van der Waals surface area contributed by atoms with Gasteiger partial charge in [0.1, 0.15) is 0 Å². The highest BCUT2D eigenvalue weighted by atomic mass is 14.9. The van der Waals surface area contributed by atoms with Crippen molar-refractivity contribution < 1.29 is 0 Å². The molecule has 1 fully saturated rings. The molecule has 3 heteroatoms. The summed E-state index contributed by atoms with van der Waals surface area (Å²) < 4.78 is 0. The highest BCUT2D eigenvalue weighted by Crippen LogP contribution is 2.25. The van der Waals surface area contributed by atoms with Crippen LogP contribution in [0.15, 0.2) is 18.2 Å². The molecular weight excluding hydrogens is 210 g/mol. The molecule has 0 unspecified atom stereocenters. The fourth-order valence-electron chi connectivity index (χ4n) is 2.43. The van der Waals surface area contributed by atoms with E-state index in [1.165, 1.54) is 25.7 Å². The quantitative estimate of drug-likeness (QED) is 0.780. The second-order valence-corrected chi connectivity index (χ2v) is 4.78. The highest BCUT2D eigenvalue weighted by Gasteiger charge is 2.14. The predicted octanol–water partition coefficient (Wildman–Crippen LogP) is 2.94. The van der Waals surface area contributed by atoms with E-state index in [0.29, 0.717) is 12.1 Å². The number of hydrogen-bond acceptors (Lipinski definition) is 3. The Morgan fingerprint density at radius 3 is 2.82 bits per heavy atom. The first-order valence-corrected chi connectivity index (χ1v) is 6.29. The first-order valence-electron chi connectivity index (χ1n) is 6.29. The highest BCUT2D eigenvalue weighted by molar-refractivity contribution is 5.58. The molecule has 0 radical (unpaired) electrons. The zero-order valence-corrected chi connectivity index (χ0v) is 10.1. The molecule has 0 amide bonds. The van der Waals surface area contributed by atoms with Crippen molar-refractivity contribution in [2.24, 2.45) is 5.92 Å². The van der Waals surface area contributed by atoms with E-state index in [4.69, 9.17) is 11.0 Å². The molecule has 90 valence electrons. The van der Waals surface area contributed by atoms with E-state index < -0.39 is 0 Å². The second kappa shape index (κ2) is 5.58. The van der Waals surface area contributed by atoms with Crippen molar-refractivity contribution in [2.45, 2.75) is 32.1 Å². The summed E-state index contributed by atoms with van der Waals surface area (Å²) in [5, 5.41) is 12.2. The molecule has 2 rings (SSSR count). The molecule has 1 aromatic carbocycles. The molecule has 0 saturated heterocycles. The number of nitrogens with one attached hydrogen (secondary N) is 1. The van der Waals surface area contributed by atoms with Gasteiger partial charge in [-0.15, -0.1) is 0 Å². The van der Waals surface area contributed by atoms with Crippen molar-refractivity contribution >= 4 is 11.4 Å². The smallest absolute Gasteiger partial charge is 0.0670 e. The Kier molecular flexibility index (Phi) is 3.87. The van der Waals surface area contributed by atoms with Crippen molar-refractivity contribution in [3.63, 3.8) is 0 Å². The van der Waals surface area contributed by atoms with Crippen molar-refractivity contribution in [3.05, 3.63) is 23.8 Å². The summed E-state index contributed by atoms with van der Waals surface area (Å²) in [6.07, 6.45) is 5.80. The van der Waals surface area contributed by atoms with Crippen LogP contribution in [0.2, 0.25) is 0 Å². The normalized spacial score (nSPS) is 15.7. The van der Waals surface area contributed by atoms with Crippen molar-refractivity contribution in [3.8, 4) is 6.07 Å². The molecule has 1 aliphatic rings. The zero-order valence-electron chi connectivity index (χ0n) is 10.1. The molecule has 17 heavy (non-hydrogen) atoms. The van der Waals surface area contributed by atoms with E-state index in [1.54, 1.807) is 0 Å². The lowest BCUT2D eigenvalue weighted by Gasteiger charge is -2.13. The van der Waals surface area contributed by atoms with Crippen LogP contribution in [0, 0.1) is 17.2 Å². The van der Waals surface area contributed by atoms with Gasteiger partial charge in [-0.05, 0) is 42.5 Å². The third-order valence-electron chi connectivity index (χ3n) is 3.48. The van der Waals surface area contributed by atoms with Crippen LogP contribution in [0.25, 0.3) is 0 Å². The van der Waals surface area contributed by atoms with Crippen LogP contribution in [-0.2, 0) is 6.42 Å². The Labute approximate surface area is 103 Å².